The Labute approximate surface area is 138 Å². The van der Waals surface area contributed by atoms with Gasteiger partial charge in [0.2, 0.25) is 0 Å². The Kier molecular flexibility index (Phi) is 5.82. The fourth-order valence-corrected chi connectivity index (χ4v) is 5.82. The molecule has 5 nitrogen and oxygen atoms in total. The van der Waals surface area contributed by atoms with Gasteiger partial charge in [0.1, 0.15) is 0 Å². The van der Waals surface area contributed by atoms with Crippen molar-refractivity contribution in [1.82, 2.24) is 10.2 Å². The van der Waals surface area contributed by atoms with E-state index in [4.69, 9.17) is 4.99 Å². The van der Waals surface area contributed by atoms with Crippen molar-refractivity contribution in [1.29, 1.82) is 0 Å². The molecule has 2 aliphatic heterocycles. The molecule has 0 aromatic carbocycles. The molecule has 126 valence electrons. The summed E-state index contributed by atoms with van der Waals surface area (Å²) < 4.78 is 23.3. The molecule has 0 bridgehead atoms. The number of rotatable bonds is 4. The van der Waals surface area contributed by atoms with Crippen molar-refractivity contribution in [2.24, 2.45) is 10.9 Å². The predicted octanol–water partition coefficient (Wildman–Crippen LogP) is 1.38. The Morgan fingerprint density at radius 2 is 2.32 bits per heavy atom. The average Bonchev–Trinajstić information content (AvgIpc) is 2.77. The molecule has 0 amide bonds. The first kappa shape index (κ1) is 17.7. The third kappa shape index (κ3) is 5.19. The van der Waals surface area contributed by atoms with Crippen LogP contribution in [0.5, 0.6) is 0 Å². The van der Waals surface area contributed by atoms with Gasteiger partial charge in [-0.1, -0.05) is 6.08 Å². The van der Waals surface area contributed by atoms with E-state index in [9.17, 15) is 8.42 Å². The number of sulfone groups is 1. The maximum absolute atomic E-state index is 11.6. The molecule has 22 heavy (non-hydrogen) atoms. The van der Waals surface area contributed by atoms with E-state index in [0.29, 0.717) is 18.8 Å². The van der Waals surface area contributed by atoms with E-state index in [1.54, 1.807) is 0 Å². The number of hydrogen-bond donors (Lipinski definition) is 1. The minimum absolute atomic E-state index is 0.165. The lowest BCUT2D eigenvalue weighted by molar-refractivity contribution is 0.375. The molecule has 0 aromatic rings. The Balaban J connectivity index is 2.01. The summed E-state index contributed by atoms with van der Waals surface area (Å²) in [4.78, 5) is 6.99. The van der Waals surface area contributed by atoms with Crippen LogP contribution < -0.4 is 5.32 Å². The van der Waals surface area contributed by atoms with Crippen LogP contribution in [0.2, 0.25) is 0 Å². The SMILES string of the molecule is C=CCNC(=NCC1CCS(=O)(=O)C1)N1CCSC(C)(C)C1. The van der Waals surface area contributed by atoms with E-state index < -0.39 is 9.84 Å². The minimum Gasteiger partial charge on any atom is -0.353 e. The molecule has 1 unspecified atom stereocenters. The van der Waals surface area contributed by atoms with Crippen LogP contribution in [0.15, 0.2) is 17.6 Å². The number of thioether (sulfide) groups is 1. The molecule has 2 fully saturated rings. The molecule has 0 spiro atoms. The van der Waals surface area contributed by atoms with Crippen molar-refractivity contribution in [3.8, 4) is 0 Å². The Hall–Kier alpha value is -0.690. The quantitative estimate of drug-likeness (QED) is 0.474. The first-order chi connectivity index (χ1) is 10.3. The van der Waals surface area contributed by atoms with Gasteiger partial charge in [-0.25, -0.2) is 8.42 Å². The second kappa shape index (κ2) is 7.25. The average molecular weight is 346 g/mol. The van der Waals surface area contributed by atoms with Gasteiger partial charge < -0.3 is 10.2 Å². The standard InChI is InChI=1S/C15H27N3O2S2/c1-4-6-16-14(18-7-8-21-15(2,3)12-18)17-10-13-5-9-22(19,20)11-13/h4,13H,1,5-12H2,2-3H3,(H,16,17). The number of guanidine groups is 1. The van der Waals surface area contributed by atoms with Gasteiger partial charge in [-0.05, 0) is 26.2 Å². The first-order valence-corrected chi connectivity index (χ1v) is 10.6. The summed E-state index contributed by atoms with van der Waals surface area (Å²) in [6.45, 7) is 11.4. The molecular weight excluding hydrogens is 318 g/mol. The van der Waals surface area contributed by atoms with E-state index in [2.05, 4.69) is 30.6 Å². The van der Waals surface area contributed by atoms with Crippen LogP contribution in [-0.4, -0.2) is 67.5 Å². The van der Waals surface area contributed by atoms with Gasteiger partial charge in [0.25, 0.3) is 0 Å². The Bertz CT molecular complexity index is 529. The van der Waals surface area contributed by atoms with Gasteiger partial charge in [0.05, 0.1) is 11.5 Å². The number of nitrogens with zero attached hydrogens (tertiary/aromatic N) is 2. The summed E-state index contributed by atoms with van der Waals surface area (Å²) in [7, 11) is -2.83. The van der Waals surface area contributed by atoms with E-state index in [1.807, 2.05) is 17.8 Å². The highest BCUT2D eigenvalue weighted by Gasteiger charge is 2.30. The minimum atomic E-state index is -2.83. The fraction of sp³-hybridized carbons (Fsp3) is 0.800. The molecule has 1 atom stereocenters. The second-order valence-electron chi connectivity index (χ2n) is 6.63. The van der Waals surface area contributed by atoms with Crippen LogP contribution >= 0.6 is 11.8 Å². The van der Waals surface area contributed by atoms with Crippen molar-refractivity contribution >= 4 is 27.6 Å². The maximum Gasteiger partial charge on any atom is 0.194 e. The maximum atomic E-state index is 11.6. The van der Waals surface area contributed by atoms with Crippen LogP contribution in [0.3, 0.4) is 0 Å². The van der Waals surface area contributed by atoms with Gasteiger partial charge in [0, 0.05) is 36.7 Å². The molecule has 2 aliphatic rings. The van der Waals surface area contributed by atoms with Gasteiger partial charge in [-0.2, -0.15) is 11.8 Å². The Morgan fingerprint density at radius 3 is 2.91 bits per heavy atom. The lowest BCUT2D eigenvalue weighted by Gasteiger charge is -2.39. The van der Waals surface area contributed by atoms with Crippen LogP contribution in [0.1, 0.15) is 20.3 Å². The molecule has 0 aromatic heterocycles. The molecule has 0 saturated carbocycles. The van der Waals surface area contributed by atoms with Gasteiger partial charge in [-0.3, -0.25) is 4.99 Å². The second-order valence-corrected chi connectivity index (χ2v) is 10.7. The Morgan fingerprint density at radius 1 is 1.55 bits per heavy atom. The highest BCUT2D eigenvalue weighted by molar-refractivity contribution is 8.00. The first-order valence-electron chi connectivity index (χ1n) is 7.80. The van der Waals surface area contributed by atoms with E-state index in [-0.39, 0.29) is 16.4 Å². The van der Waals surface area contributed by atoms with E-state index in [0.717, 1.165) is 31.2 Å². The largest absolute Gasteiger partial charge is 0.353 e. The summed E-state index contributed by atoms with van der Waals surface area (Å²) in [5, 5.41) is 3.32. The van der Waals surface area contributed by atoms with Crippen molar-refractivity contribution < 1.29 is 8.42 Å². The summed E-state index contributed by atoms with van der Waals surface area (Å²) >= 11 is 1.98. The van der Waals surface area contributed by atoms with Crippen LogP contribution in [0.25, 0.3) is 0 Å². The van der Waals surface area contributed by atoms with Gasteiger partial charge in [0.15, 0.2) is 15.8 Å². The smallest absolute Gasteiger partial charge is 0.194 e. The van der Waals surface area contributed by atoms with Crippen LogP contribution in [0.4, 0.5) is 0 Å². The number of nitrogens with one attached hydrogen (secondary N) is 1. The number of hydrogen-bond acceptors (Lipinski definition) is 4. The molecule has 7 heteroatoms. The monoisotopic (exact) mass is 345 g/mol. The fourth-order valence-electron chi connectivity index (χ4n) is 2.86. The molecule has 2 heterocycles. The van der Waals surface area contributed by atoms with Crippen molar-refractivity contribution in [3.05, 3.63) is 12.7 Å². The van der Waals surface area contributed by atoms with Crippen molar-refractivity contribution in [2.75, 3.05) is 43.4 Å². The summed E-state index contributed by atoms with van der Waals surface area (Å²) in [5.74, 6) is 2.73. The molecule has 0 radical (unpaired) electrons. The third-order valence-electron chi connectivity index (χ3n) is 3.96. The van der Waals surface area contributed by atoms with Crippen LogP contribution in [-0.2, 0) is 9.84 Å². The lowest BCUT2D eigenvalue weighted by Crippen LogP contribution is -2.51. The van der Waals surface area contributed by atoms with E-state index >= 15 is 0 Å². The molecule has 0 aliphatic carbocycles. The topological polar surface area (TPSA) is 61.8 Å². The predicted molar refractivity (Wildman–Crippen MR) is 95.4 cm³/mol. The normalized spacial score (nSPS) is 27.6. The zero-order valence-corrected chi connectivity index (χ0v) is 15.2. The third-order valence-corrected chi connectivity index (χ3v) is 7.09. The molecule has 2 rings (SSSR count). The summed E-state index contributed by atoms with van der Waals surface area (Å²) in [5.41, 5.74) is 0. The van der Waals surface area contributed by atoms with Crippen molar-refractivity contribution in [2.45, 2.75) is 25.0 Å². The summed E-state index contributed by atoms with van der Waals surface area (Å²) in [6, 6.07) is 0. The number of aliphatic imine (C=N–C) groups is 1. The van der Waals surface area contributed by atoms with Crippen molar-refractivity contribution in [3.63, 3.8) is 0 Å². The lowest BCUT2D eigenvalue weighted by atomic mass is 10.1. The molecule has 2 saturated heterocycles. The highest BCUT2D eigenvalue weighted by atomic mass is 32.2. The zero-order valence-electron chi connectivity index (χ0n) is 13.5. The molecular formula is C15H27N3O2S2. The highest BCUT2D eigenvalue weighted by Crippen LogP contribution is 2.29. The van der Waals surface area contributed by atoms with Crippen LogP contribution in [0, 0.1) is 5.92 Å². The summed E-state index contributed by atoms with van der Waals surface area (Å²) in [6.07, 6.45) is 2.56. The van der Waals surface area contributed by atoms with Gasteiger partial charge in [-0.15, -0.1) is 6.58 Å². The zero-order chi connectivity index (χ0) is 16.2. The van der Waals surface area contributed by atoms with Gasteiger partial charge >= 0.3 is 0 Å². The van der Waals surface area contributed by atoms with E-state index in [1.165, 1.54) is 0 Å². The molecule has 1 N–H and O–H groups in total.